The molecule has 2 aromatic rings. The third kappa shape index (κ3) is 2.54. The van der Waals surface area contributed by atoms with Crippen LogP contribution in [0.5, 0.6) is 0 Å². The standard InChI is InChI=1S/C17H20N4O/c1-3-20(4-2)17(22)14-11-16(19-12-18-14)21-10-9-13-7-5-6-8-15(13)21/h5-8,11-12H,3-4,9-10H2,1-2H3. The molecule has 0 spiro atoms. The summed E-state index contributed by atoms with van der Waals surface area (Å²) >= 11 is 0. The van der Waals surface area contributed by atoms with Gasteiger partial charge in [-0.3, -0.25) is 4.79 Å². The zero-order valence-corrected chi connectivity index (χ0v) is 13.0. The van der Waals surface area contributed by atoms with E-state index in [9.17, 15) is 4.79 Å². The van der Waals surface area contributed by atoms with Crippen molar-refractivity contribution in [3.8, 4) is 0 Å². The van der Waals surface area contributed by atoms with Gasteiger partial charge in [-0.2, -0.15) is 0 Å². The Morgan fingerprint density at radius 3 is 2.77 bits per heavy atom. The van der Waals surface area contributed by atoms with E-state index in [-0.39, 0.29) is 5.91 Å². The van der Waals surface area contributed by atoms with E-state index in [0.717, 1.165) is 18.8 Å². The Bertz CT molecular complexity index is 682. The van der Waals surface area contributed by atoms with Crippen molar-refractivity contribution >= 4 is 17.4 Å². The van der Waals surface area contributed by atoms with Gasteiger partial charge in [0, 0.05) is 31.4 Å². The monoisotopic (exact) mass is 296 g/mol. The zero-order chi connectivity index (χ0) is 15.5. The number of benzene rings is 1. The molecule has 114 valence electrons. The van der Waals surface area contributed by atoms with Gasteiger partial charge in [0.2, 0.25) is 0 Å². The maximum absolute atomic E-state index is 12.4. The van der Waals surface area contributed by atoms with Gasteiger partial charge in [0.25, 0.3) is 5.91 Å². The molecule has 1 aliphatic heterocycles. The number of carbonyl (C=O) groups is 1. The van der Waals surface area contributed by atoms with Gasteiger partial charge >= 0.3 is 0 Å². The topological polar surface area (TPSA) is 49.3 Å². The summed E-state index contributed by atoms with van der Waals surface area (Å²) in [4.78, 5) is 24.9. The average molecular weight is 296 g/mol. The van der Waals surface area contributed by atoms with Crippen LogP contribution < -0.4 is 4.90 Å². The first-order valence-electron chi connectivity index (χ1n) is 7.71. The van der Waals surface area contributed by atoms with E-state index in [0.29, 0.717) is 18.8 Å². The number of aromatic nitrogens is 2. The molecule has 0 N–H and O–H groups in total. The molecule has 0 aliphatic carbocycles. The summed E-state index contributed by atoms with van der Waals surface area (Å²) in [5.74, 6) is 0.747. The van der Waals surface area contributed by atoms with Crippen LogP contribution in [0, 0.1) is 0 Å². The second-order valence-corrected chi connectivity index (χ2v) is 5.27. The molecule has 0 radical (unpaired) electrons. The molecule has 0 saturated carbocycles. The van der Waals surface area contributed by atoms with Gasteiger partial charge in [-0.1, -0.05) is 18.2 Å². The Morgan fingerprint density at radius 2 is 2.00 bits per heavy atom. The van der Waals surface area contributed by atoms with Crippen molar-refractivity contribution in [1.82, 2.24) is 14.9 Å². The van der Waals surface area contributed by atoms with Crippen molar-refractivity contribution in [2.45, 2.75) is 20.3 Å². The summed E-state index contributed by atoms with van der Waals surface area (Å²) in [6.45, 7) is 6.19. The largest absolute Gasteiger partial charge is 0.338 e. The minimum Gasteiger partial charge on any atom is -0.338 e. The maximum Gasteiger partial charge on any atom is 0.272 e. The molecule has 0 bridgehead atoms. The predicted molar refractivity (Wildman–Crippen MR) is 86.4 cm³/mol. The first kappa shape index (κ1) is 14.5. The summed E-state index contributed by atoms with van der Waals surface area (Å²) in [5.41, 5.74) is 2.94. The van der Waals surface area contributed by atoms with Crippen molar-refractivity contribution in [1.29, 1.82) is 0 Å². The van der Waals surface area contributed by atoms with Crippen LogP contribution in [0.2, 0.25) is 0 Å². The highest BCUT2D eigenvalue weighted by Crippen LogP contribution is 2.33. The minimum atomic E-state index is -0.0406. The lowest BCUT2D eigenvalue weighted by Gasteiger charge is -2.21. The SMILES string of the molecule is CCN(CC)C(=O)c1cc(N2CCc3ccccc32)ncn1. The highest BCUT2D eigenvalue weighted by Gasteiger charge is 2.22. The van der Waals surface area contributed by atoms with Crippen LogP contribution in [0.25, 0.3) is 0 Å². The van der Waals surface area contributed by atoms with Gasteiger partial charge in [0.1, 0.15) is 17.8 Å². The number of fused-ring (bicyclic) bond motifs is 1. The van der Waals surface area contributed by atoms with Crippen LogP contribution in [0.4, 0.5) is 11.5 Å². The fraction of sp³-hybridized carbons (Fsp3) is 0.353. The molecule has 1 aromatic carbocycles. The number of anilines is 2. The van der Waals surface area contributed by atoms with Gasteiger partial charge in [-0.05, 0) is 31.9 Å². The van der Waals surface area contributed by atoms with Crippen molar-refractivity contribution in [3.05, 3.63) is 47.9 Å². The molecule has 1 aromatic heterocycles. The molecular formula is C17H20N4O. The molecule has 5 heteroatoms. The molecule has 2 heterocycles. The highest BCUT2D eigenvalue weighted by atomic mass is 16.2. The third-order valence-electron chi connectivity index (χ3n) is 4.09. The molecule has 5 nitrogen and oxygen atoms in total. The van der Waals surface area contributed by atoms with Crippen molar-refractivity contribution in [2.75, 3.05) is 24.5 Å². The highest BCUT2D eigenvalue weighted by molar-refractivity contribution is 5.93. The van der Waals surface area contributed by atoms with E-state index in [1.807, 2.05) is 19.9 Å². The van der Waals surface area contributed by atoms with E-state index in [1.54, 1.807) is 11.0 Å². The Kier molecular flexibility index (Phi) is 4.04. The molecule has 3 rings (SSSR count). The first-order valence-corrected chi connectivity index (χ1v) is 7.71. The summed E-state index contributed by atoms with van der Waals surface area (Å²) in [6, 6.07) is 10.1. The van der Waals surface area contributed by atoms with Crippen LogP contribution >= 0.6 is 0 Å². The lowest BCUT2D eigenvalue weighted by atomic mass is 10.2. The van der Waals surface area contributed by atoms with E-state index in [4.69, 9.17) is 0 Å². The lowest BCUT2D eigenvalue weighted by Crippen LogP contribution is -2.31. The van der Waals surface area contributed by atoms with Crippen LogP contribution in [0.15, 0.2) is 36.7 Å². The van der Waals surface area contributed by atoms with Crippen LogP contribution in [0.1, 0.15) is 29.9 Å². The van der Waals surface area contributed by atoms with E-state index in [1.165, 1.54) is 17.6 Å². The number of rotatable bonds is 4. The molecular weight excluding hydrogens is 276 g/mol. The number of para-hydroxylation sites is 1. The molecule has 0 saturated heterocycles. The van der Waals surface area contributed by atoms with Crippen LogP contribution in [-0.4, -0.2) is 40.4 Å². The molecule has 0 fully saturated rings. The Balaban J connectivity index is 1.91. The summed E-state index contributed by atoms with van der Waals surface area (Å²) in [6.07, 6.45) is 2.48. The molecule has 1 aliphatic rings. The van der Waals surface area contributed by atoms with Crippen molar-refractivity contribution in [3.63, 3.8) is 0 Å². The van der Waals surface area contributed by atoms with Gasteiger partial charge in [0.15, 0.2) is 0 Å². The van der Waals surface area contributed by atoms with E-state index in [2.05, 4.69) is 33.1 Å². The zero-order valence-electron chi connectivity index (χ0n) is 13.0. The molecule has 0 unspecified atom stereocenters. The van der Waals surface area contributed by atoms with Crippen molar-refractivity contribution in [2.24, 2.45) is 0 Å². The van der Waals surface area contributed by atoms with E-state index < -0.39 is 0 Å². The lowest BCUT2D eigenvalue weighted by molar-refractivity contribution is 0.0767. The van der Waals surface area contributed by atoms with Crippen LogP contribution in [-0.2, 0) is 6.42 Å². The fourth-order valence-electron chi connectivity index (χ4n) is 2.86. The first-order chi connectivity index (χ1) is 10.7. The third-order valence-corrected chi connectivity index (χ3v) is 4.09. The molecule has 1 amide bonds. The number of nitrogens with zero attached hydrogens (tertiary/aromatic N) is 4. The van der Waals surface area contributed by atoms with Crippen LogP contribution in [0.3, 0.4) is 0 Å². The second-order valence-electron chi connectivity index (χ2n) is 5.27. The Labute approximate surface area is 130 Å². The number of hydrogen-bond acceptors (Lipinski definition) is 4. The minimum absolute atomic E-state index is 0.0406. The van der Waals surface area contributed by atoms with Gasteiger partial charge in [-0.15, -0.1) is 0 Å². The average Bonchev–Trinajstić information content (AvgIpc) is 3.00. The summed E-state index contributed by atoms with van der Waals surface area (Å²) in [7, 11) is 0. The second kappa shape index (κ2) is 6.13. The fourth-order valence-corrected chi connectivity index (χ4v) is 2.86. The molecule has 0 atom stereocenters. The number of amides is 1. The van der Waals surface area contributed by atoms with Gasteiger partial charge in [0.05, 0.1) is 0 Å². The molecule has 22 heavy (non-hydrogen) atoms. The quantitative estimate of drug-likeness (QED) is 0.870. The Morgan fingerprint density at radius 1 is 1.23 bits per heavy atom. The Hall–Kier alpha value is -2.43. The van der Waals surface area contributed by atoms with Crippen molar-refractivity contribution < 1.29 is 4.79 Å². The predicted octanol–water partition coefficient (Wildman–Crippen LogP) is 2.65. The summed E-state index contributed by atoms with van der Waals surface area (Å²) < 4.78 is 0. The maximum atomic E-state index is 12.4. The normalized spacial score (nSPS) is 13.1. The van der Waals surface area contributed by atoms with Gasteiger partial charge in [-0.25, -0.2) is 9.97 Å². The summed E-state index contributed by atoms with van der Waals surface area (Å²) in [5, 5.41) is 0. The van der Waals surface area contributed by atoms with Gasteiger partial charge < -0.3 is 9.80 Å². The number of carbonyl (C=O) groups excluding carboxylic acids is 1. The van der Waals surface area contributed by atoms with E-state index >= 15 is 0 Å². The number of hydrogen-bond donors (Lipinski definition) is 0. The smallest absolute Gasteiger partial charge is 0.272 e.